The molecule has 4 rings (SSSR count). The van der Waals surface area contributed by atoms with Crippen molar-refractivity contribution in [1.29, 1.82) is 0 Å². The Morgan fingerprint density at radius 3 is 2.58 bits per heavy atom. The Morgan fingerprint density at radius 1 is 1.18 bits per heavy atom. The molecule has 0 bridgehead atoms. The van der Waals surface area contributed by atoms with Crippen molar-refractivity contribution in [2.24, 2.45) is 22.4 Å². The number of nitrogens with zero attached hydrogens (tertiary/aromatic N) is 3. The summed E-state index contributed by atoms with van der Waals surface area (Å²) in [4.78, 5) is 17.6. The highest BCUT2D eigenvalue weighted by atomic mass is 19.1. The average Bonchev–Trinajstić information content (AvgIpc) is 3.31. The quantitative estimate of drug-likeness (QED) is 0.441. The predicted octanol–water partition coefficient (Wildman–Crippen LogP) is 3.64. The normalized spacial score (nSPS) is 16.1. The summed E-state index contributed by atoms with van der Waals surface area (Å²) in [6.45, 7) is 3.50. The molecule has 1 unspecified atom stereocenters. The topological polar surface area (TPSA) is 111 Å². The van der Waals surface area contributed by atoms with Crippen molar-refractivity contribution in [3.8, 4) is 11.1 Å². The van der Waals surface area contributed by atoms with Crippen molar-refractivity contribution in [1.82, 2.24) is 10.1 Å². The van der Waals surface area contributed by atoms with Crippen LogP contribution in [-0.2, 0) is 11.3 Å². The van der Waals surface area contributed by atoms with Gasteiger partial charge in [-0.05, 0) is 30.0 Å². The lowest BCUT2D eigenvalue weighted by Gasteiger charge is -2.31. The van der Waals surface area contributed by atoms with Crippen molar-refractivity contribution in [3.05, 3.63) is 77.4 Å². The first kappa shape index (κ1) is 22.5. The number of carbonyl (C=O) groups is 1. The summed E-state index contributed by atoms with van der Waals surface area (Å²) in [6.07, 6.45) is 1.35. The molecule has 2 heterocycles. The molecular weight excluding hydrogens is 421 g/mol. The minimum Gasteiger partial charge on any atom is -0.370 e. The van der Waals surface area contributed by atoms with Gasteiger partial charge in [-0.25, -0.2) is 9.38 Å². The van der Waals surface area contributed by atoms with Crippen LogP contribution in [0.3, 0.4) is 0 Å². The molecule has 1 atom stereocenters. The zero-order chi connectivity index (χ0) is 23.4. The Kier molecular flexibility index (Phi) is 6.72. The highest BCUT2D eigenvalue weighted by Gasteiger charge is 2.24. The van der Waals surface area contributed by atoms with Gasteiger partial charge in [0, 0.05) is 36.6 Å². The highest BCUT2D eigenvalue weighted by Crippen LogP contribution is 2.29. The van der Waals surface area contributed by atoms with Crippen molar-refractivity contribution in [2.45, 2.75) is 32.2 Å². The largest absolute Gasteiger partial charge is 0.370 e. The van der Waals surface area contributed by atoms with Gasteiger partial charge in [0.1, 0.15) is 12.4 Å². The maximum Gasteiger partial charge on any atom is 0.220 e. The number of guanidine groups is 1. The van der Waals surface area contributed by atoms with Crippen LogP contribution in [-0.4, -0.2) is 35.0 Å². The number of aromatic nitrogens is 1. The summed E-state index contributed by atoms with van der Waals surface area (Å²) in [5, 5.41) is 4.15. The van der Waals surface area contributed by atoms with Crippen LogP contribution in [0, 0.1) is 11.7 Å². The van der Waals surface area contributed by atoms with Gasteiger partial charge in [0.2, 0.25) is 5.91 Å². The van der Waals surface area contributed by atoms with E-state index in [0.29, 0.717) is 48.9 Å². The highest BCUT2D eigenvalue weighted by molar-refractivity contribution is 5.79. The van der Waals surface area contributed by atoms with Crippen molar-refractivity contribution < 1.29 is 13.7 Å². The molecule has 172 valence electrons. The van der Waals surface area contributed by atoms with Crippen molar-refractivity contribution in [2.75, 3.05) is 13.1 Å². The summed E-state index contributed by atoms with van der Waals surface area (Å²) < 4.78 is 20.2. The number of primary amides is 1. The third-order valence-electron chi connectivity index (χ3n) is 6.22. The van der Waals surface area contributed by atoms with Crippen LogP contribution in [0.2, 0.25) is 0 Å². The van der Waals surface area contributed by atoms with Crippen LogP contribution in [0.1, 0.15) is 42.7 Å². The minimum absolute atomic E-state index is 0.0982. The Balaban J connectivity index is 1.39. The molecule has 1 aromatic heterocycles. The standard InChI is InChI=1S/C25H28FN5O2/c1-16(19-7-8-21(22(26)13-19)17-5-3-2-4-6-17)23-14-20(33-30-23)15-29-25(28)31-11-9-18(10-12-31)24(27)32/h2-8,13-14,16,18H,9-12,15H2,1H3,(H2,27,32)(H2,28,29). The first-order valence-electron chi connectivity index (χ1n) is 11.1. The van der Waals surface area contributed by atoms with E-state index >= 15 is 0 Å². The van der Waals surface area contributed by atoms with E-state index in [9.17, 15) is 9.18 Å². The summed E-state index contributed by atoms with van der Waals surface area (Å²) in [5.74, 6) is 0.209. The molecule has 1 aliphatic heterocycles. The predicted molar refractivity (Wildman–Crippen MR) is 125 cm³/mol. The fourth-order valence-corrected chi connectivity index (χ4v) is 4.08. The maximum atomic E-state index is 14.8. The van der Waals surface area contributed by atoms with Gasteiger partial charge in [-0.15, -0.1) is 0 Å². The molecule has 7 nitrogen and oxygen atoms in total. The van der Waals surface area contributed by atoms with Gasteiger partial charge in [0.15, 0.2) is 11.7 Å². The van der Waals surface area contributed by atoms with E-state index in [1.807, 2.05) is 54.3 Å². The van der Waals surface area contributed by atoms with Gasteiger partial charge in [-0.2, -0.15) is 0 Å². The second-order valence-corrected chi connectivity index (χ2v) is 8.38. The smallest absolute Gasteiger partial charge is 0.220 e. The number of benzene rings is 2. The molecule has 1 amide bonds. The van der Waals surface area contributed by atoms with E-state index in [2.05, 4.69) is 10.1 Å². The van der Waals surface area contributed by atoms with Gasteiger partial charge in [-0.1, -0.05) is 54.5 Å². The van der Waals surface area contributed by atoms with E-state index in [-0.39, 0.29) is 30.1 Å². The van der Waals surface area contributed by atoms with Gasteiger partial charge in [0.05, 0.1) is 5.69 Å². The van der Waals surface area contributed by atoms with E-state index in [1.165, 1.54) is 0 Å². The number of nitrogens with two attached hydrogens (primary N) is 2. The lowest BCUT2D eigenvalue weighted by Crippen LogP contribution is -2.45. The first-order chi connectivity index (χ1) is 15.9. The molecule has 1 aliphatic rings. The van der Waals surface area contributed by atoms with Gasteiger partial charge >= 0.3 is 0 Å². The first-order valence-corrected chi connectivity index (χ1v) is 11.1. The molecule has 1 saturated heterocycles. The molecule has 4 N–H and O–H groups in total. The Morgan fingerprint density at radius 2 is 1.91 bits per heavy atom. The third-order valence-corrected chi connectivity index (χ3v) is 6.22. The molecule has 33 heavy (non-hydrogen) atoms. The van der Waals surface area contributed by atoms with Crippen LogP contribution >= 0.6 is 0 Å². The molecule has 0 spiro atoms. The second-order valence-electron chi connectivity index (χ2n) is 8.38. The number of piperidine rings is 1. The molecule has 2 aromatic carbocycles. The number of carbonyl (C=O) groups excluding carboxylic acids is 1. The second kappa shape index (κ2) is 9.85. The molecular formula is C25H28FN5O2. The van der Waals surface area contributed by atoms with Crippen LogP contribution in [0.15, 0.2) is 64.1 Å². The van der Waals surface area contributed by atoms with E-state index in [1.54, 1.807) is 12.1 Å². The number of hydrogen-bond acceptors (Lipinski definition) is 4. The Labute approximate surface area is 192 Å². The van der Waals surface area contributed by atoms with Crippen LogP contribution < -0.4 is 11.5 Å². The lowest BCUT2D eigenvalue weighted by atomic mass is 9.94. The summed E-state index contributed by atoms with van der Waals surface area (Å²) in [6, 6.07) is 16.5. The zero-order valence-corrected chi connectivity index (χ0v) is 18.6. The Hall–Kier alpha value is -3.68. The van der Waals surface area contributed by atoms with Crippen LogP contribution in [0.4, 0.5) is 4.39 Å². The molecule has 0 radical (unpaired) electrons. The number of rotatable bonds is 6. The fraction of sp³-hybridized carbons (Fsp3) is 0.320. The molecule has 3 aromatic rings. The number of halogens is 1. The van der Waals surface area contributed by atoms with Crippen LogP contribution in [0.5, 0.6) is 0 Å². The number of likely N-dealkylation sites (tertiary alicyclic amines) is 1. The number of amides is 1. The van der Waals surface area contributed by atoms with E-state index < -0.39 is 0 Å². The number of hydrogen-bond donors (Lipinski definition) is 2. The van der Waals surface area contributed by atoms with Gasteiger partial charge in [0.25, 0.3) is 0 Å². The molecule has 0 saturated carbocycles. The van der Waals surface area contributed by atoms with Crippen LogP contribution in [0.25, 0.3) is 11.1 Å². The van der Waals surface area contributed by atoms with Gasteiger partial charge < -0.3 is 20.9 Å². The lowest BCUT2D eigenvalue weighted by molar-refractivity contribution is -0.122. The Bertz CT molecular complexity index is 1140. The van der Waals surface area contributed by atoms with Crippen molar-refractivity contribution >= 4 is 11.9 Å². The monoisotopic (exact) mass is 449 g/mol. The maximum absolute atomic E-state index is 14.8. The average molecular weight is 450 g/mol. The summed E-state index contributed by atoms with van der Waals surface area (Å²) in [5.41, 5.74) is 14.4. The fourth-order valence-electron chi connectivity index (χ4n) is 4.08. The van der Waals surface area contributed by atoms with Crippen molar-refractivity contribution in [3.63, 3.8) is 0 Å². The van der Waals surface area contributed by atoms with E-state index in [4.69, 9.17) is 16.0 Å². The zero-order valence-electron chi connectivity index (χ0n) is 18.6. The molecule has 0 aliphatic carbocycles. The van der Waals surface area contributed by atoms with E-state index in [0.717, 1.165) is 11.1 Å². The minimum atomic E-state index is -0.272. The van der Waals surface area contributed by atoms with Gasteiger partial charge in [-0.3, -0.25) is 4.79 Å². The summed E-state index contributed by atoms with van der Waals surface area (Å²) in [7, 11) is 0. The molecule has 1 fully saturated rings. The third kappa shape index (κ3) is 5.22. The molecule has 8 heteroatoms. The summed E-state index contributed by atoms with van der Waals surface area (Å²) >= 11 is 0. The number of aliphatic imine (C=N–C) groups is 1. The SMILES string of the molecule is CC(c1ccc(-c2ccccc2)c(F)c1)c1cc(CN=C(N)N2CCC(C(N)=O)CC2)on1.